The van der Waals surface area contributed by atoms with Crippen LogP contribution in [0.25, 0.3) is 11.3 Å². The van der Waals surface area contributed by atoms with Crippen LogP contribution in [-0.2, 0) is 6.54 Å². The molecular weight excluding hydrogens is 354 g/mol. The van der Waals surface area contributed by atoms with Crippen molar-refractivity contribution in [1.29, 1.82) is 0 Å². The van der Waals surface area contributed by atoms with Gasteiger partial charge in [-0.1, -0.05) is 0 Å². The SMILES string of the molecule is O=C(NCCn1ccc(-c2ccsc2)n1)c1ccc(Br)o1. The van der Waals surface area contributed by atoms with Crippen molar-refractivity contribution in [3.05, 3.63) is 51.7 Å². The van der Waals surface area contributed by atoms with Crippen molar-refractivity contribution in [2.24, 2.45) is 0 Å². The van der Waals surface area contributed by atoms with Crippen molar-refractivity contribution in [2.75, 3.05) is 6.54 Å². The van der Waals surface area contributed by atoms with E-state index >= 15 is 0 Å². The second-order valence-corrected chi connectivity index (χ2v) is 5.90. The van der Waals surface area contributed by atoms with Crippen LogP contribution in [0.4, 0.5) is 0 Å². The topological polar surface area (TPSA) is 60.1 Å². The maximum absolute atomic E-state index is 11.8. The van der Waals surface area contributed by atoms with Crippen molar-refractivity contribution in [1.82, 2.24) is 15.1 Å². The number of furan rings is 1. The van der Waals surface area contributed by atoms with Crippen molar-refractivity contribution < 1.29 is 9.21 Å². The third-order valence-electron chi connectivity index (χ3n) is 2.88. The number of hydrogen-bond donors (Lipinski definition) is 1. The molecule has 7 heteroatoms. The maximum atomic E-state index is 11.8. The number of halogens is 1. The number of thiophene rings is 1. The van der Waals surface area contributed by atoms with Crippen LogP contribution in [0.15, 0.2) is 50.3 Å². The fourth-order valence-corrected chi connectivity index (χ4v) is 2.81. The number of carbonyl (C=O) groups excluding carboxylic acids is 1. The molecule has 21 heavy (non-hydrogen) atoms. The first kappa shape index (κ1) is 14.1. The Kier molecular flexibility index (Phi) is 4.21. The molecule has 0 unspecified atom stereocenters. The highest BCUT2D eigenvalue weighted by Crippen LogP contribution is 2.19. The quantitative estimate of drug-likeness (QED) is 0.753. The molecule has 0 spiro atoms. The Morgan fingerprint density at radius 2 is 2.29 bits per heavy atom. The van der Waals surface area contributed by atoms with E-state index in [1.165, 1.54) is 0 Å². The molecule has 0 aliphatic heterocycles. The van der Waals surface area contributed by atoms with Gasteiger partial charge in [-0.25, -0.2) is 0 Å². The highest BCUT2D eigenvalue weighted by Gasteiger charge is 2.09. The van der Waals surface area contributed by atoms with E-state index in [0.29, 0.717) is 23.5 Å². The molecule has 3 aromatic heterocycles. The Labute approximate surface area is 133 Å². The first-order valence-corrected chi connectivity index (χ1v) is 8.05. The predicted molar refractivity (Wildman–Crippen MR) is 84.3 cm³/mol. The van der Waals surface area contributed by atoms with Gasteiger partial charge in [0.25, 0.3) is 5.91 Å². The lowest BCUT2D eigenvalue weighted by atomic mass is 10.2. The third kappa shape index (κ3) is 3.43. The standard InChI is InChI=1S/C14H12BrN3O2S/c15-13-2-1-12(20-13)14(19)16-5-7-18-6-3-11(17-18)10-4-8-21-9-10/h1-4,6,8-9H,5,7H2,(H,16,19). The van der Waals surface area contributed by atoms with Crippen LogP contribution < -0.4 is 5.32 Å². The average Bonchev–Trinajstić information content (AvgIpc) is 3.19. The van der Waals surface area contributed by atoms with Crippen molar-refractivity contribution in [3.63, 3.8) is 0 Å². The minimum Gasteiger partial charge on any atom is -0.444 e. The van der Waals surface area contributed by atoms with Crippen LogP contribution in [0.1, 0.15) is 10.6 Å². The smallest absolute Gasteiger partial charge is 0.287 e. The number of nitrogens with one attached hydrogen (secondary N) is 1. The first-order valence-electron chi connectivity index (χ1n) is 6.32. The number of hydrogen-bond acceptors (Lipinski definition) is 4. The number of aromatic nitrogens is 2. The highest BCUT2D eigenvalue weighted by atomic mass is 79.9. The van der Waals surface area contributed by atoms with Crippen LogP contribution in [0, 0.1) is 0 Å². The summed E-state index contributed by atoms with van der Waals surface area (Å²) >= 11 is 4.81. The number of amides is 1. The zero-order chi connectivity index (χ0) is 14.7. The van der Waals surface area contributed by atoms with Gasteiger partial charge in [0.1, 0.15) is 0 Å². The summed E-state index contributed by atoms with van der Waals surface area (Å²) in [7, 11) is 0. The van der Waals surface area contributed by atoms with E-state index in [2.05, 4.69) is 31.7 Å². The Morgan fingerprint density at radius 3 is 3.00 bits per heavy atom. The van der Waals surface area contributed by atoms with E-state index in [1.807, 2.05) is 28.4 Å². The molecule has 0 radical (unpaired) electrons. The molecule has 0 saturated carbocycles. The highest BCUT2D eigenvalue weighted by molar-refractivity contribution is 9.10. The summed E-state index contributed by atoms with van der Waals surface area (Å²) in [6.45, 7) is 1.10. The number of rotatable bonds is 5. The van der Waals surface area contributed by atoms with Crippen molar-refractivity contribution >= 4 is 33.2 Å². The zero-order valence-electron chi connectivity index (χ0n) is 11.0. The fourth-order valence-electron chi connectivity index (χ4n) is 1.86. The monoisotopic (exact) mass is 365 g/mol. The second-order valence-electron chi connectivity index (χ2n) is 4.34. The van der Waals surface area contributed by atoms with Gasteiger partial charge in [0.05, 0.1) is 12.2 Å². The molecule has 0 aliphatic rings. The summed E-state index contributed by atoms with van der Waals surface area (Å²) in [5, 5.41) is 11.3. The van der Waals surface area contributed by atoms with Gasteiger partial charge in [0, 0.05) is 23.7 Å². The second kappa shape index (κ2) is 6.28. The minimum atomic E-state index is -0.231. The van der Waals surface area contributed by atoms with Gasteiger partial charge in [-0.3, -0.25) is 9.48 Å². The van der Waals surface area contributed by atoms with E-state index in [9.17, 15) is 4.79 Å². The van der Waals surface area contributed by atoms with E-state index in [-0.39, 0.29) is 5.91 Å². The molecular formula is C14H12BrN3O2S. The minimum absolute atomic E-state index is 0.231. The van der Waals surface area contributed by atoms with E-state index in [1.54, 1.807) is 23.5 Å². The normalized spacial score (nSPS) is 10.7. The van der Waals surface area contributed by atoms with Gasteiger partial charge in [0.15, 0.2) is 10.4 Å². The van der Waals surface area contributed by atoms with Crippen LogP contribution in [0.2, 0.25) is 0 Å². The summed E-state index contributed by atoms with van der Waals surface area (Å²) in [4.78, 5) is 11.8. The van der Waals surface area contributed by atoms with Gasteiger partial charge < -0.3 is 9.73 Å². The average molecular weight is 366 g/mol. The van der Waals surface area contributed by atoms with Crippen molar-refractivity contribution in [2.45, 2.75) is 6.54 Å². The number of carbonyl (C=O) groups is 1. The van der Waals surface area contributed by atoms with E-state index in [0.717, 1.165) is 11.3 Å². The number of nitrogens with zero attached hydrogens (tertiary/aromatic N) is 2. The van der Waals surface area contributed by atoms with Gasteiger partial charge >= 0.3 is 0 Å². The summed E-state index contributed by atoms with van der Waals surface area (Å²) in [5.41, 5.74) is 2.06. The van der Waals surface area contributed by atoms with Crippen LogP contribution in [0.5, 0.6) is 0 Å². The molecule has 3 rings (SSSR count). The van der Waals surface area contributed by atoms with Crippen LogP contribution in [0.3, 0.4) is 0 Å². The van der Waals surface area contributed by atoms with Gasteiger partial charge in [-0.05, 0) is 45.6 Å². The van der Waals surface area contributed by atoms with Crippen molar-refractivity contribution in [3.8, 4) is 11.3 Å². The Balaban J connectivity index is 1.53. The lowest BCUT2D eigenvalue weighted by molar-refractivity contribution is 0.0923. The molecule has 5 nitrogen and oxygen atoms in total. The Bertz CT molecular complexity index is 733. The molecule has 0 aromatic carbocycles. The molecule has 0 bridgehead atoms. The third-order valence-corrected chi connectivity index (χ3v) is 3.99. The molecule has 3 heterocycles. The molecule has 3 aromatic rings. The molecule has 108 valence electrons. The summed E-state index contributed by atoms with van der Waals surface area (Å²) in [5.74, 6) is 0.0622. The molecule has 1 amide bonds. The molecule has 0 fully saturated rings. The zero-order valence-corrected chi connectivity index (χ0v) is 13.4. The summed E-state index contributed by atoms with van der Waals surface area (Å²) in [6, 6.07) is 7.32. The Hall–Kier alpha value is -1.86. The molecule has 1 N–H and O–H groups in total. The predicted octanol–water partition coefficient (Wildman–Crippen LogP) is 3.40. The molecule has 0 atom stereocenters. The summed E-state index contributed by atoms with van der Waals surface area (Å²) < 4.78 is 7.54. The van der Waals surface area contributed by atoms with Gasteiger partial charge in [-0.15, -0.1) is 0 Å². The van der Waals surface area contributed by atoms with E-state index < -0.39 is 0 Å². The van der Waals surface area contributed by atoms with Gasteiger partial charge in [-0.2, -0.15) is 16.4 Å². The fraction of sp³-hybridized carbons (Fsp3) is 0.143. The molecule has 0 aliphatic carbocycles. The molecule has 0 saturated heterocycles. The van der Waals surface area contributed by atoms with Crippen LogP contribution in [-0.4, -0.2) is 22.2 Å². The largest absolute Gasteiger partial charge is 0.444 e. The van der Waals surface area contributed by atoms with E-state index in [4.69, 9.17) is 4.42 Å². The lowest BCUT2D eigenvalue weighted by Gasteiger charge is -2.03. The summed E-state index contributed by atoms with van der Waals surface area (Å²) in [6.07, 6.45) is 1.91. The lowest BCUT2D eigenvalue weighted by Crippen LogP contribution is -2.27. The maximum Gasteiger partial charge on any atom is 0.287 e. The Morgan fingerprint density at radius 1 is 1.38 bits per heavy atom. The first-order chi connectivity index (χ1) is 10.2. The van der Waals surface area contributed by atoms with Gasteiger partial charge in [0.2, 0.25) is 0 Å². The van der Waals surface area contributed by atoms with Crippen LogP contribution >= 0.6 is 27.3 Å².